The molecule has 0 saturated carbocycles. The number of carbonyl (C=O) groups is 1. The Morgan fingerprint density at radius 1 is 1.21 bits per heavy atom. The van der Waals surface area contributed by atoms with Crippen LogP contribution in [0.25, 0.3) is 0 Å². The van der Waals surface area contributed by atoms with E-state index in [4.69, 9.17) is 9.47 Å². The van der Waals surface area contributed by atoms with Gasteiger partial charge < -0.3 is 9.47 Å². The predicted octanol–water partition coefficient (Wildman–Crippen LogP) is 1.80. The first-order valence-electron chi connectivity index (χ1n) is 4.35. The van der Waals surface area contributed by atoms with Crippen LogP contribution in [-0.4, -0.2) is 19.5 Å². The monoisotopic (exact) mass is 196 g/mol. The fourth-order valence-corrected chi connectivity index (χ4v) is 1.29. The molecule has 0 unspecified atom stereocenters. The Balaban J connectivity index is 2.45. The van der Waals surface area contributed by atoms with Gasteiger partial charge >= 0.3 is 0 Å². The van der Waals surface area contributed by atoms with E-state index in [0.717, 1.165) is 6.42 Å². The minimum Gasteiger partial charge on any atom is -0.490 e. The molecule has 0 atom stereocenters. The molecule has 1 aromatic carbocycles. The number of hydrogen-bond acceptors (Lipinski definition) is 3. The molecular weight excluding hydrogens is 187 g/mol. The van der Waals surface area contributed by atoms with Crippen LogP contribution >= 0.6 is 0 Å². The van der Waals surface area contributed by atoms with Gasteiger partial charge in [-0.25, -0.2) is 4.39 Å². The fourth-order valence-electron chi connectivity index (χ4n) is 1.29. The summed E-state index contributed by atoms with van der Waals surface area (Å²) in [4.78, 5) is 10.5. The molecule has 14 heavy (non-hydrogen) atoms. The topological polar surface area (TPSA) is 35.5 Å². The quantitative estimate of drug-likeness (QED) is 0.642. The van der Waals surface area contributed by atoms with Crippen molar-refractivity contribution in [3.63, 3.8) is 0 Å². The van der Waals surface area contributed by atoms with Gasteiger partial charge in [0.25, 0.3) is 0 Å². The summed E-state index contributed by atoms with van der Waals surface area (Å²) in [5.41, 5.74) is -0.00532. The fraction of sp³-hybridized carbons (Fsp3) is 0.300. The molecule has 0 bridgehead atoms. The largest absolute Gasteiger partial charge is 0.490 e. The zero-order valence-corrected chi connectivity index (χ0v) is 7.46. The molecular formula is C10H9FO3. The zero-order valence-electron chi connectivity index (χ0n) is 7.46. The molecule has 0 radical (unpaired) electrons. The van der Waals surface area contributed by atoms with Crippen molar-refractivity contribution in [2.45, 2.75) is 6.42 Å². The summed E-state index contributed by atoms with van der Waals surface area (Å²) in [7, 11) is 0. The van der Waals surface area contributed by atoms with Crippen LogP contribution in [0.5, 0.6) is 11.5 Å². The highest BCUT2D eigenvalue weighted by Crippen LogP contribution is 2.31. The van der Waals surface area contributed by atoms with Crippen LogP contribution in [0.1, 0.15) is 16.8 Å². The molecule has 1 aliphatic heterocycles. The van der Waals surface area contributed by atoms with Crippen molar-refractivity contribution in [2.24, 2.45) is 0 Å². The van der Waals surface area contributed by atoms with Crippen LogP contribution in [0, 0.1) is 5.82 Å². The van der Waals surface area contributed by atoms with Gasteiger partial charge in [-0.05, 0) is 6.07 Å². The lowest BCUT2D eigenvalue weighted by Crippen LogP contribution is -1.97. The normalized spacial score (nSPS) is 14.6. The molecule has 1 aromatic rings. The molecule has 0 fully saturated rings. The summed E-state index contributed by atoms with van der Waals surface area (Å²) in [5, 5.41) is 0. The molecule has 0 spiro atoms. The van der Waals surface area contributed by atoms with Gasteiger partial charge in [-0.15, -0.1) is 0 Å². The lowest BCUT2D eigenvalue weighted by molar-refractivity contribution is 0.111. The molecule has 74 valence electrons. The van der Waals surface area contributed by atoms with E-state index >= 15 is 0 Å². The molecule has 3 nitrogen and oxygen atoms in total. The van der Waals surface area contributed by atoms with Gasteiger partial charge in [-0.3, -0.25) is 4.79 Å². The maximum atomic E-state index is 13.1. The molecule has 0 aromatic heterocycles. The van der Waals surface area contributed by atoms with E-state index in [9.17, 15) is 9.18 Å². The molecule has 1 aliphatic rings. The van der Waals surface area contributed by atoms with Crippen LogP contribution < -0.4 is 9.47 Å². The smallest absolute Gasteiger partial charge is 0.164 e. The Labute approximate surface area is 80.4 Å². The SMILES string of the molecule is O=Cc1cc2c(cc1F)OCCCO2. The minimum atomic E-state index is -0.579. The average molecular weight is 196 g/mol. The Bertz CT molecular complexity index is 363. The Hall–Kier alpha value is -1.58. The zero-order chi connectivity index (χ0) is 9.97. The third kappa shape index (κ3) is 1.55. The molecule has 1 heterocycles. The van der Waals surface area contributed by atoms with E-state index in [2.05, 4.69) is 0 Å². The van der Waals surface area contributed by atoms with Crippen molar-refractivity contribution >= 4 is 6.29 Å². The number of benzene rings is 1. The van der Waals surface area contributed by atoms with Gasteiger partial charge in [0, 0.05) is 12.5 Å². The Morgan fingerprint density at radius 3 is 2.50 bits per heavy atom. The maximum absolute atomic E-state index is 13.1. The van der Waals surface area contributed by atoms with E-state index in [1.54, 1.807) is 0 Å². The highest BCUT2D eigenvalue weighted by molar-refractivity contribution is 5.77. The standard InChI is InChI=1S/C10H9FO3/c11-8-5-10-9(4-7(8)6-12)13-2-1-3-14-10/h4-6H,1-3H2. The summed E-state index contributed by atoms with van der Waals surface area (Å²) < 4.78 is 23.7. The van der Waals surface area contributed by atoms with Crippen LogP contribution in [0.3, 0.4) is 0 Å². The lowest BCUT2D eigenvalue weighted by atomic mass is 10.2. The van der Waals surface area contributed by atoms with Gasteiger partial charge in [0.2, 0.25) is 0 Å². The number of carbonyl (C=O) groups excluding carboxylic acids is 1. The summed E-state index contributed by atoms with van der Waals surface area (Å²) >= 11 is 0. The van der Waals surface area contributed by atoms with Gasteiger partial charge in [0.1, 0.15) is 5.82 Å². The van der Waals surface area contributed by atoms with Crippen molar-refractivity contribution in [3.8, 4) is 11.5 Å². The van der Waals surface area contributed by atoms with Crippen molar-refractivity contribution in [2.75, 3.05) is 13.2 Å². The van der Waals surface area contributed by atoms with Crippen LogP contribution in [0.2, 0.25) is 0 Å². The summed E-state index contributed by atoms with van der Waals surface area (Å²) in [6, 6.07) is 2.55. The highest BCUT2D eigenvalue weighted by Gasteiger charge is 2.14. The van der Waals surface area contributed by atoms with E-state index in [1.165, 1.54) is 12.1 Å². The summed E-state index contributed by atoms with van der Waals surface area (Å²) in [6.07, 6.45) is 1.22. The van der Waals surface area contributed by atoms with E-state index in [-0.39, 0.29) is 5.56 Å². The van der Waals surface area contributed by atoms with Crippen molar-refractivity contribution < 1.29 is 18.7 Å². The van der Waals surface area contributed by atoms with Crippen molar-refractivity contribution in [1.82, 2.24) is 0 Å². The molecule has 0 N–H and O–H groups in total. The number of aldehydes is 1. The number of hydrogen-bond donors (Lipinski definition) is 0. The first-order valence-corrected chi connectivity index (χ1v) is 4.35. The summed E-state index contributed by atoms with van der Waals surface area (Å²) in [6.45, 7) is 1.03. The third-order valence-electron chi connectivity index (χ3n) is 1.99. The Kier molecular flexibility index (Phi) is 2.35. The van der Waals surface area contributed by atoms with Gasteiger partial charge in [0.15, 0.2) is 17.8 Å². The van der Waals surface area contributed by atoms with Gasteiger partial charge in [-0.2, -0.15) is 0 Å². The van der Waals surface area contributed by atoms with Crippen LogP contribution in [0.15, 0.2) is 12.1 Å². The number of rotatable bonds is 1. The average Bonchev–Trinajstić information content (AvgIpc) is 2.41. The van der Waals surface area contributed by atoms with E-state index in [0.29, 0.717) is 31.0 Å². The highest BCUT2D eigenvalue weighted by atomic mass is 19.1. The number of ether oxygens (including phenoxy) is 2. The minimum absolute atomic E-state index is 0.00532. The predicted molar refractivity (Wildman–Crippen MR) is 47.4 cm³/mol. The van der Waals surface area contributed by atoms with Gasteiger partial charge in [-0.1, -0.05) is 0 Å². The molecule has 2 rings (SSSR count). The second kappa shape index (κ2) is 3.65. The van der Waals surface area contributed by atoms with Gasteiger partial charge in [0.05, 0.1) is 18.8 Å². The second-order valence-electron chi connectivity index (χ2n) is 2.99. The van der Waals surface area contributed by atoms with Crippen molar-refractivity contribution in [1.29, 1.82) is 0 Å². The molecule has 0 saturated heterocycles. The lowest BCUT2D eigenvalue weighted by Gasteiger charge is -2.07. The molecule has 0 amide bonds. The Morgan fingerprint density at radius 2 is 1.86 bits per heavy atom. The molecule has 0 aliphatic carbocycles. The molecule has 4 heteroatoms. The first kappa shape index (κ1) is 8.99. The number of fused-ring (bicyclic) bond motifs is 1. The first-order chi connectivity index (χ1) is 6.81. The van der Waals surface area contributed by atoms with E-state index in [1.807, 2.05) is 0 Å². The second-order valence-corrected chi connectivity index (χ2v) is 2.99. The summed E-state index contributed by atoms with van der Waals surface area (Å²) in [5.74, 6) is 0.223. The third-order valence-corrected chi connectivity index (χ3v) is 1.99. The van der Waals surface area contributed by atoms with Crippen LogP contribution in [0.4, 0.5) is 4.39 Å². The maximum Gasteiger partial charge on any atom is 0.164 e. The number of halogens is 1. The van der Waals surface area contributed by atoms with Crippen LogP contribution in [-0.2, 0) is 0 Å². The van der Waals surface area contributed by atoms with Crippen molar-refractivity contribution in [3.05, 3.63) is 23.5 Å². The van der Waals surface area contributed by atoms with E-state index < -0.39 is 5.82 Å².